The highest BCUT2D eigenvalue weighted by atomic mass is 16.5. The number of rotatable bonds is 5. The van der Waals surface area contributed by atoms with E-state index in [-0.39, 0.29) is 17.9 Å². The molecule has 96 valence electrons. The highest BCUT2D eigenvalue weighted by molar-refractivity contribution is 5.69. The summed E-state index contributed by atoms with van der Waals surface area (Å²) in [5.41, 5.74) is -1.28. The van der Waals surface area contributed by atoms with Crippen molar-refractivity contribution in [2.45, 2.75) is 58.5 Å². The molecule has 17 heavy (non-hydrogen) atoms. The van der Waals surface area contributed by atoms with Crippen molar-refractivity contribution in [3.8, 4) is 6.07 Å². The second-order valence-electron chi connectivity index (χ2n) is 5.06. The van der Waals surface area contributed by atoms with Crippen molar-refractivity contribution < 1.29 is 9.53 Å². The van der Waals surface area contributed by atoms with Crippen molar-refractivity contribution in [3.05, 3.63) is 0 Å². The summed E-state index contributed by atoms with van der Waals surface area (Å²) in [4.78, 5) is 11.2. The summed E-state index contributed by atoms with van der Waals surface area (Å²) in [6.45, 7) is 9.48. The summed E-state index contributed by atoms with van der Waals surface area (Å²) in [6, 6.07) is 2.08. The Kier molecular flexibility index (Phi) is 5.80. The van der Waals surface area contributed by atoms with E-state index in [0.717, 1.165) is 0 Å². The van der Waals surface area contributed by atoms with Gasteiger partial charge in [0.05, 0.1) is 18.2 Å². The molecule has 1 atom stereocenters. The first-order chi connectivity index (χ1) is 7.72. The molecule has 0 aromatic carbocycles. The van der Waals surface area contributed by atoms with Crippen LogP contribution < -0.4 is 0 Å². The van der Waals surface area contributed by atoms with Gasteiger partial charge in [-0.25, -0.2) is 0 Å². The molecule has 0 aliphatic rings. The first-order valence-corrected chi connectivity index (χ1v) is 5.73. The van der Waals surface area contributed by atoms with Gasteiger partial charge in [-0.2, -0.15) is 15.5 Å². The Morgan fingerprint density at radius 3 is 2.29 bits per heavy atom. The number of nitrogens with zero attached hydrogens (tertiary/aromatic N) is 3. The minimum atomic E-state index is -0.958. The Hall–Kier alpha value is -1.44. The van der Waals surface area contributed by atoms with Crippen LogP contribution >= 0.6 is 0 Å². The molecular weight excluding hydrogens is 218 g/mol. The monoisotopic (exact) mass is 239 g/mol. The van der Waals surface area contributed by atoms with E-state index in [1.54, 1.807) is 13.8 Å². The molecule has 0 saturated carbocycles. The fraction of sp³-hybridized carbons (Fsp3) is 0.833. The summed E-state index contributed by atoms with van der Waals surface area (Å²) in [7, 11) is 0. The Morgan fingerprint density at radius 1 is 1.29 bits per heavy atom. The lowest BCUT2D eigenvalue weighted by molar-refractivity contribution is -0.143. The van der Waals surface area contributed by atoms with Crippen LogP contribution in [0.2, 0.25) is 0 Å². The average molecular weight is 239 g/mol. The van der Waals surface area contributed by atoms with Crippen molar-refractivity contribution in [2.75, 3.05) is 6.61 Å². The Labute approximate surface area is 103 Å². The summed E-state index contributed by atoms with van der Waals surface area (Å²) >= 11 is 0. The third-order valence-electron chi connectivity index (χ3n) is 1.93. The number of nitriles is 1. The fourth-order valence-electron chi connectivity index (χ4n) is 0.967. The summed E-state index contributed by atoms with van der Waals surface area (Å²) in [5.74, 6) is -0.306. The molecule has 1 unspecified atom stereocenters. The van der Waals surface area contributed by atoms with Crippen LogP contribution in [0.3, 0.4) is 0 Å². The van der Waals surface area contributed by atoms with E-state index in [2.05, 4.69) is 16.3 Å². The van der Waals surface area contributed by atoms with Crippen LogP contribution in [0.1, 0.15) is 47.5 Å². The van der Waals surface area contributed by atoms with Crippen molar-refractivity contribution in [2.24, 2.45) is 10.2 Å². The smallest absolute Gasteiger partial charge is 0.305 e. The summed E-state index contributed by atoms with van der Waals surface area (Å²) in [5, 5.41) is 17.2. The lowest BCUT2D eigenvalue weighted by Gasteiger charge is -2.17. The van der Waals surface area contributed by atoms with Gasteiger partial charge in [-0.15, -0.1) is 0 Å². The van der Waals surface area contributed by atoms with E-state index in [4.69, 9.17) is 10.00 Å². The second kappa shape index (κ2) is 6.33. The van der Waals surface area contributed by atoms with E-state index >= 15 is 0 Å². The maximum atomic E-state index is 11.2. The zero-order valence-corrected chi connectivity index (χ0v) is 11.3. The largest absolute Gasteiger partial charge is 0.466 e. The van der Waals surface area contributed by atoms with E-state index in [1.165, 1.54) is 0 Å². The number of ether oxygens (including phenoxy) is 1. The molecule has 0 spiro atoms. The van der Waals surface area contributed by atoms with Crippen molar-refractivity contribution in [1.29, 1.82) is 5.26 Å². The lowest BCUT2D eigenvalue weighted by Crippen LogP contribution is -2.22. The fourth-order valence-corrected chi connectivity index (χ4v) is 0.967. The van der Waals surface area contributed by atoms with Gasteiger partial charge in [0.25, 0.3) is 0 Å². The molecular formula is C12H21N3O2. The standard InChI is InChI=1S/C12H21N3O2/c1-6-17-10(16)7-8-12(5,9-13)15-14-11(2,3)4/h6-8H2,1-5H3. The Morgan fingerprint density at radius 2 is 1.88 bits per heavy atom. The predicted molar refractivity (Wildman–Crippen MR) is 64.5 cm³/mol. The van der Waals surface area contributed by atoms with Gasteiger partial charge in [0.2, 0.25) is 0 Å². The zero-order valence-electron chi connectivity index (χ0n) is 11.3. The van der Waals surface area contributed by atoms with Crippen LogP contribution in [0.25, 0.3) is 0 Å². The summed E-state index contributed by atoms with van der Waals surface area (Å²) in [6.07, 6.45) is 0.503. The molecule has 5 nitrogen and oxygen atoms in total. The molecule has 0 aliphatic heterocycles. The molecule has 0 heterocycles. The predicted octanol–water partition coefficient (Wildman–Crippen LogP) is 2.86. The quantitative estimate of drug-likeness (QED) is 0.547. The van der Waals surface area contributed by atoms with Crippen molar-refractivity contribution in [1.82, 2.24) is 0 Å². The maximum absolute atomic E-state index is 11.2. The van der Waals surface area contributed by atoms with Gasteiger partial charge in [-0.3, -0.25) is 4.79 Å². The normalized spacial score (nSPS) is 15.3. The first-order valence-electron chi connectivity index (χ1n) is 5.73. The molecule has 0 fully saturated rings. The van der Waals surface area contributed by atoms with Gasteiger partial charge >= 0.3 is 5.97 Å². The number of carbonyl (C=O) groups is 1. The van der Waals surface area contributed by atoms with E-state index in [0.29, 0.717) is 13.0 Å². The highest BCUT2D eigenvalue weighted by Crippen LogP contribution is 2.20. The molecule has 5 heteroatoms. The van der Waals surface area contributed by atoms with Crippen LogP contribution in [0.15, 0.2) is 10.2 Å². The van der Waals surface area contributed by atoms with Gasteiger partial charge in [0.15, 0.2) is 5.54 Å². The minimum Gasteiger partial charge on any atom is -0.466 e. The van der Waals surface area contributed by atoms with Crippen molar-refractivity contribution >= 4 is 5.97 Å². The molecule has 0 bridgehead atoms. The van der Waals surface area contributed by atoms with Crippen LogP contribution in [-0.2, 0) is 9.53 Å². The third kappa shape index (κ3) is 7.45. The van der Waals surface area contributed by atoms with Crippen LogP contribution in [0.4, 0.5) is 0 Å². The third-order valence-corrected chi connectivity index (χ3v) is 1.93. The topological polar surface area (TPSA) is 74.8 Å². The molecule has 0 rings (SSSR count). The van der Waals surface area contributed by atoms with Gasteiger partial charge in [-0.1, -0.05) is 0 Å². The van der Waals surface area contributed by atoms with Crippen LogP contribution in [0.5, 0.6) is 0 Å². The second-order valence-corrected chi connectivity index (χ2v) is 5.06. The number of esters is 1. The Bertz CT molecular complexity index is 326. The molecule has 0 aliphatic carbocycles. The lowest BCUT2D eigenvalue weighted by atomic mass is 9.99. The molecule has 0 aromatic heterocycles. The van der Waals surface area contributed by atoms with Crippen molar-refractivity contribution in [3.63, 3.8) is 0 Å². The number of hydrogen-bond acceptors (Lipinski definition) is 5. The van der Waals surface area contributed by atoms with Gasteiger partial charge in [0, 0.05) is 6.42 Å². The number of hydrogen-bond donors (Lipinski definition) is 0. The number of azo groups is 1. The van der Waals surface area contributed by atoms with E-state index in [9.17, 15) is 4.79 Å². The Balaban J connectivity index is 4.45. The summed E-state index contributed by atoms with van der Waals surface area (Å²) < 4.78 is 4.81. The molecule has 0 radical (unpaired) electrons. The van der Waals surface area contributed by atoms with E-state index < -0.39 is 5.54 Å². The van der Waals surface area contributed by atoms with Crippen LogP contribution in [0, 0.1) is 11.3 Å². The SMILES string of the molecule is CCOC(=O)CCC(C)(C#N)N=NC(C)(C)C. The highest BCUT2D eigenvalue weighted by Gasteiger charge is 2.25. The average Bonchev–Trinajstić information content (AvgIpc) is 2.23. The van der Waals surface area contributed by atoms with Crippen LogP contribution in [-0.4, -0.2) is 23.7 Å². The van der Waals surface area contributed by atoms with Gasteiger partial charge < -0.3 is 4.74 Å². The molecule has 0 N–H and O–H groups in total. The number of carbonyl (C=O) groups excluding carboxylic acids is 1. The molecule has 0 amide bonds. The first kappa shape index (κ1) is 15.6. The maximum Gasteiger partial charge on any atom is 0.305 e. The molecule has 0 saturated heterocycles. The van der Waals surface area contributed by atoms with E-state index in [1.807, 2.05) is 20.8 Å². The molecule has 0 aromatic rings. The zero-order chi connectivity index (χ0) is 13.5. The van der Waals surface area contributed by atoms with Gasteiger partial charge in [-0.05, 0) is 41.0 Å². The van der Waals surface area contributed by atoms with Gasteiger partial charge in [0.1, 0.15) is 0 Å². The minimum absolute atomic E-state index is 0.182.